The number of nitrogens with one attached hydrogen (secondary N) is 2. The van der Waals surface area contributed by atoms with Crippen molar-refractivity contribution in [3.63, 3.8) is 0 Å². The van der Waals surface area contributed by atoms with Gasteiger partial charge in [-0.3, -0.25) is 10.1 Å². The van der Waals surface area contributed by atoms with E-state index in [1.165, 1.54) is 11.1 Å². The van der Waals surface area contributed by atoms with Crippen molar-refractivity contribution in [3.05, 3.63) is 106 Å². The number of aliphatic hydroxyl groups is 5. The van der Waals surface area contributed by atoms with E-state index >= 15 is 0 Å². The molecule has 2 fully saturated rings. The topological polar surface area (TPSA) is 161 Å². The van der Waals surface area contributed by atoms with Crippen LogP contribution in [0.1, 0.15) is 103 Å². The maximum atomic E-state index is 13.1. The van der Waals surface area contributed by atoms with E-state index in [-0.39, 0.29) is 54.3 Å². The zero-order valence-corrected chi connectivity index (χ0v) is 39.6. The number of methoxy groups -OCH3 is 1. The molecule has 10 heteroatoms. The Balaban J connectivity index is 1.37. The van der Waals surface area contributed by atoms with E-state index in [4.69, 9.17) is 9.47 Å². The van der Waals surface area contributed by atoms with Crippen LogP contribution in [0.2, 0.25) is 0 Å². The Kier molecular flexibility index (Phi) is 17.5. The molecule has 1 spiro atoms. The molecule has 10 nitrogen and oxygen atoms in total. The number of hydrogen-bond acceptors (Lipinski definition) is 10. The van der Waals surface area contributed by atoms with Crippen LogP contribution in [0.4, 0.5) is 0 Å². The quantitative estimate of drug-likeness (QED) is 0.0267. The fraction of sp³-hybridized carbons (Fsp3) is 0.648. The highest BCUT2D eigenvalue weighted by Crippen LogP contribution is 2.67. The predicted molar refractivity (Wildman–Crippen MR) is 254 cm³/mol. The molecule has 1 aromatic rings. The second-order valence-corrected chi connectivity index (χ2v) is 20.6. The Morgan fingerprint density at radius 1 is 1.12 bits per heavy atom. The van der Waals surface area contributed by atoms with Crippen LogP contribution in [0.15, 0.2) is 95.2 Å². The number of aliphatic hydroxyl groups excluding tert-OH is 4. The standard InChI is InChI=1S/C54H80N2O8/c1-35(2)27-47(59)64-34-44(45-19-21-54(50(45)60)49-40(20-25-57)17-18-43(48(49)37(4)33-58)32-53(54,62)22-24-55-6)16-8-11-36(3)46-29-38-12-9-13-39(28-38)31-52(5,23-26-63-7)56-51(61)42-15-10-14-41(46)30-42/h8-9,11-13,16-18,28,30,33,35,40-41,43,45-47,49-51,55-57,59-62H,3,10,14-15,19-27,29,31-32,34H2,1-2,4-7H3/b11-8+,44-16-,48-37?/t40-,41-,43-,45-,46+,47-,49-,50+,51-,52+,53+,54+/m0/s1. The van der Waals surface area contributed by atoms with Crippen molar-refractivity contribution >= 4 is 6.29 Å². The first kappa shape index (κ1) is 50.4. The van der Waals surface area contributed by atoms with Crippen LogP contribution < -0.4 is 10.6 Å². The highest BCUT2D eigenvalue weighted by Gasteiger charge is 2.68. The summed E-state index contributed by atoms with van der Waals surface area (Å²) in [5, 5.41) is 65.9. The van der Waals surface area contributed by atoms with Gasteiger partial charge in [0.2, 0.25) is 0 Å². The molecule has 0 radical (unpaired) electrons. The molecule has 12 atom stereocenters. The van der Waals surface area contributed by atoms with Crippen LogP contribution in [0, 0.1) is 46.8 Å². The molecule has 7 N–H and O–H groups in total. The molecule has 1 heterocycles. The Morgan fingerprint density at radius 3 is 2.62 bits per heavy atom. The molecule has 0 amide bonds. The number of allylic oxidation sites excluding steroid dienone is 9. The van der Waals surface area contributed by atoms with Gasteiger partial charge in [0.15, 0.2) is 6.29 Å². The second kappa shape index (κ2) is 22.2. The molecule has 0 saturated heterocycles. The lowest BCUT2D eigenvalue weighted by molar-refractivity contribution is -0.194. The van der Waals surface area contributed by atoms with Gasteiger partial charge in [0.05, 0.1) is 18.3 Å². The molecular weight excluding hydrogens is 805 g/mol. The number of carbonyl (C=O) groups excluding carboxylic acids is 1. The third-order valence-corrected chi connectivity index (χ3v) is 15.8. The van der Waals surface area contributed by atoms with E-state index in [0.717, 1.165) is 67.1 Å². The number of hydrogen-bond donors (Lipinski definition) is 7. The lowest BCUT2D eigenvalue weighted by Gasteiger charge is -2.61. The van der Waals surface area contributed by atoms with Gasteiger partial charge in [-0.25, -0.2) is 0 Å². The summed E-state index contributed by atoms with van der Waals surface area (Å²) in [7, 11) is 3.59. The van der Waals surface area contributed by atoms with E-state index < -0.39 is 35.6 Å². The smallest absolute Gasteiger partial charge is 0.155 e. The zero-order chi connectivity index (χ0) is 46.2. The largest absolute Gasteiger partial charge is 0.396 e. The van der Waals surface area contributed by atoms with Gasteiger partial charge in [0, 0.05) is 49.5 Å². The van der Waals surface area contributed by atoms with Crippen LogP contribution in [-0.2, 0) is 27.1 Å². The minimum atomic E-state index is -1.26. The molecule has 354 valence electrons. The zero-order valence-electron chi connectivity index (χ0n) is 39.6. The van der Waals surface area contributed by atoms with Gasteiger partial charge in [-0.15, -0.1) is 0 Å². The monoisotopic (exact) mass is 885 g/mol. The summed E-state index contributed by atoms with van der Waals surface area (Å²) in [6, 6.07) is 8.79. The number of fused-ring (bicyclic) bond motifs is 6. The molecular formula is C54H80N2O8. The second-order valence-electron chi connectivity index (χ2n) is 20.6. The minimum absolute atomic E-state index is 0.0499. The third kappa shape index (κ3) is 11.0. The maximum Gasteiger partial charge on any atom is 0.155 e. The van der Waals surface area contributed by atoms with Crippen LogP contribution >= 0.6 is 0 Å². The van der Waals surface area contributed by atoms with E-state index in [1.807, 2.05) is 40.0 Å². The van der Waals surface area contributed by atoms with E-state index in [9.17, 15) is 30.3 Å². The van der Waals surface area contributed by atoms with Crippen LogP contribution in [-0.4, -0.2) is 102 Å². The van der Waals surface area contributed by atoms with Crippen molar-refractivity contribution in [3.8, 4) is 0 Å². The fourth-order valence-electron chi connectivity index (χ4n) is 12.6. The van der Waals surface area contributed by atoms with Crippen molar-refractivity contribution in [2.45, 2.75) is 135 Å². The summed E-state index contributed by atoms with van der Waals surface area (Å²) in [4.78, 5) is 12.5. The van der Waals surface area contributed by atoms with Gasteiger partial charge in [0.1, 0.15) is 12.5 Å². The Morgan fingerprint density at radius 2 is 1.91 bits per heavy atom. The van der Waals surface area contributed by atoms with Crippen molar-refractivity contribution in [1.29, 1.82) is 0 Å². The average molecular weight is 885 g/mol. The lowest BCUT2D eigenvalue weighted by atomic mass is 9.45. The summed E-state index contributed by atoms with van der Waals surface area (Å²) >= 11 is 0. The summed E-state index contributed by atoms with van der Waals surface area (Å²) in [6.07, 6.45) is 18.7. The number of benzene rings is 1. The number of ether oxygens (including phenoxy) is 2. The van der Waals surface area contributed by atoms with E-state index in [0.29, 0.717) is 57.2 Å². The number of carbonyl (C=O) groups is 1. The lowest BCUT2D eigenvalue weighted by Crippen LogP contribution is -2.65. The summed E-state index contributed by atoms with van der Waals surface area (Å²) in [5.74, 6) is -0.609. The molecule has 6 rings (SSSR count). The fourth-order valence-corrected chi connectivity index (χ4v) is 12.6. The van der Waals surface area contributed by atoms with Crippen LogP contribution in [0.3, 0.4) is 0 Å². The van der Waals surface area contributed by atoms with Crippen LogP contribution in [0.25, 0.3) is 0 Å². The Hall–Kier alpha value is -3.03. The van der Waals surface area contributed by atoms with Gasteiger partial charge < -0.3 is 40.3 Å². The van der Waals surface area contributed by atoms with Crippen LogP contribution in [0.5, 0.6) is 0 Å². The maximum absolute atomic E-state index is 13.1. The molecule has 1 aromatic carbocycles. The van der Waals surface area contributed by atoms with Gasteiger partial charge in [-0.1, -0.05) is 92.3 Å². The summed E-state index contributed by atoms with van der Waals surface area (Å²) in [6.45, 7) is 14.0. The Bertz CT molecular complexity index is 1920. The van der Waals surface area contributed by atoms with Crippen molar-refractivity contribution in [2.75, 3.05) is 40.5 Å². The van der Waals surface area contributed by atoms with E-state index in [1.54, 1.807) is 7.11 Å². The molecule has 5 aliphatic rings. The van der Waals surface area contributed by atoms with Gasteiger partial charge >= 0.3 is 0 Å². The van der Waals surface area contributed by atoms with Crippen molar-refractivity contribution in [2.24, 2.45) is 46.8 Å². The first-order valence-corrected chi connectivity index (χ1v) is 24.2. The molecule has 2 saturated carbocycles. The van der Waals surface area contributed by atoms with Gasteiger partial charge in [0.25, 0.3) is 0 Å². The summed E-state index contributed by atoms with van der Waals surface area (Å²) < 4.78 is 11.6. The molecule has 1 aliphatic heterocycles. The van der Waals surface area contributed by atoms with Gasteiger partial charge in [-0.05, 0) is 156 Å². The van der Waals surface area contributed by atoms with Crippen molar-refractivity contribution < 1.29 is 39.8 Å². The van der Waals surface area contributed by atoms with E-state index in [2.05, 4.69) is 72.7 Å². The predicted octanol–water partition coefficient (Wildman–Crippen LogP) is 7.07. The SMILES string of the molecule is C=C(/C=C/C=C(/CO[C@H](O)CC(C)C)[C@@H]1CC[C@]2([C@@H]1O)[C@@H]1C(=C(C)C=O)[C@@H](C=C[C@H]1CCO)C[C@]2(O)CCNC)[C@H]1Cc2cccc(c2)C[C@@](C)(CCOC)N[C@@H](O)C2=C[C@@H]1CCC2. The molecule has 64 heavy (non-hydrogen) atoms. The highest BCUT2D eigenvalue weighted by molar-refractivity contribution is 5.74. The Labute approximate surface area is 383 Å². The molecule has 4 aliphatic carbocycles. The normalized spacial score (nSPS) is 35.6. The molecule has 0 unspecified atom stereocenters. The average Bonchev–Trinajstić information content (AvgIpc) is 3.61. The first-order valence-electron chi connectivity index (χ1n) is 24.2. The van der Waals surface area contributed by atoms with Gasteiger partial charge in [-0.2, -0.15) is 0 Å². The molecule has 0 aromatic heterocycles. The summed E-state index contributed by atoms with van der Waals surface area (Å²) in [5.41, 5.74) is 4.25. The molecule has 6 bridgehead atoms. The number of rotatable bonds is 18. The number of aldehydes is 1. The highest BCUT2D eigenvalue weighted by atomic mass is 16.6. The van der Waals surface area contributed by atoms with Crippen molar-refractivity contribution in [1.82, 2.24) is 10.6 Å². The third-order valence-electron chi connectivity index (χ3n) is 15.8. The minimum Gasteiger partial charge on any atom is -0.396 e. The first-order chi connectivity index (χ1) is 30.6.